The Balaban J connectivity index is 2.06. The van der Waals surface area contributed by atoms with E-state index >= 15 is 0 Å². The number of aliphatic hydroxyl groups excluding tert-OH is 1. The van der Waals surface area contributed by atoms with Gasteiger partial charge in [0.2, 0.25) is 0 Å². The van der Waals surface area contributed by atoms with Gasteiger partial charge in [0, 0.05) is 26.7 Å². The molecule has 1 unspecified atom stereocenters. The van der Waals surface area contributed by atoms with Gasteiger partial charge in [-0.15, -0.1) is 0 Å². The van der Waals surface area contributed by atoms with Crippen molar-refractivity contribution >= 4 is 0 Å². The molecule has 1 aromatic rings. The Kier molecular flexibility index (Phi) is 5.54. The van der Waals surface area contributed by atoms with Crippen LogP contribution in [0.4, 0.5) is 0 Å². The molecule has 1 aliphatic heterocycles. The predicted octanol–water partition coefficient (Wildman–Crippen LogP) is 1.20. The first-order chi connectivity index (χ1) is 9.74. The van der Waals surface area contributed by atoms with Gasteiger partial charge in [0.25, 0.3) is 0 Å². The van der Waals surface area contributed by atoms with Crippen LogP contribution in [0.1, 0.15) is 18.4 Å². The van der Waals surface area contributed by atoms with Crippen molar-refractivity contribution < 1.29 is 9.84 Å². The molecule has 2 rings (SSSR count). The Morgan fingerprint density at radius 3 is 2.45 bits per heavy atom. The largest absolute Gasteiger partial charge is 0.394 e. The predicted molar refractivity (Wildman–Crippen MR) is 80.7 cm³/mol. The Bertz CT molecular complexity index is 385. The second-order valence-electron chi connectivity index (χ2n) is 5.57. The molecule has 1 aliphatic rings. The summed E-state index contributed by atoms with van der Waals surface area (Å²) in [6.45, 7) is 2.96. The van der Waals surface area contributed by atoms with Gasteiger partial charge in [0.1, 0.15) is 0 Å². The van der Waals surface area contributed by atoms with E-state index in [1.54, 1.807) is 7.11 Å². The standard InChI is InChI=1S/C16H26N2O2/c1-17-16(13-19,14-6-4-3-5-7-14)12-18-10-8-15(20-2)9-11-18/h3-7,15,17,19H,8-13H2,1-2H3. The summed E-state index contributed by atoms with van der Waals surface area (Å²) in [5.74, 6) is 0. The number of rotatable bonds is 6. The summed E-state index contributed by atoms with van der Waals surface area (Å²) < 4.78 is 5.42. The minimum absolute atomic E-state index is 0.0950. The Morgan fingerprint density at radius 1 is 1.30 bits per heavy atom. The maximum Gasteiger partial charge on any atom is 0.0795 e. The molecule has 0 saturated carbocycles. The third kappa shape index (κ3) is 3.38. The topological polar surface area (TPSA) is 44.7 Å². The SMILES string of the molecule is CNC(CO)(CN1CCC(OC)CC1)c1ccccc1. The highest BCUT2D eigenvalue weighted by Crippen LogP contribution is 2.24. The highest BCUT2D eigenvalue weighted by Gasteiger charge is 2.33. The number of nitrogens with one attached hydrogen (secondary N) is 1. The van der Waals surface area contributed by atoms with Crippen molar-refractivity contribution in [3.8, 4) is 0 Å². The minimum Gasteiger partial charge on any atom is -0.394 e. The first kappa shape index (κ1) is 15.4. The van der Waals surface area contributed by atoms with Crippen LogP contribution in [0.3, 0.4) is 0 Å². The van der Waals surface area contributed by atoms with E-state index in [2.05, 4.69) is 22.3 Å². The van der Waals surface area contributed by atoms with Crippen LogP contribution >= 0.6 is 0 Å². The van der Waals surface area contributed by atoms with E-state index in [1.165, 1.54) is 0 Å². The maximum absolute atomic E-state index is 9.94. The van der Waals surface area contributed by atoms with E-state index in [-0.39, 0.29) is 12.1 Å². The number of aliphatic hydroxyl groups is 1. The molecule has 112 valence electrons. The molecule has 4 nitrogen and oxygen atoms in total. The molecular formula is C16H26N2O2. The molecule has 0 amide bonds. The summed E-state index contributed by atoms with van der Waals surface area (Å²) >= 11 is 0. The molecule has 4 heteroatoms. The van der Waals surface area contributed by atoms with Crippen molar-refractivity contribution in [3.63, 3.8) is 0 Å². The fraction of sp³-hybridized carbons (Fsp3) is 0.625. The van der Waals surface area contributed by atoms with Crippen molar-refractivity contribution in [2.24, 2.45) is 0 Å². The smallest absolute Gasteiger partial charge is 0.0795 e. The highest BCUT2D eigenvalue weighted by molar-refractivity contribution is 5.25. The molecule has 1 atom stereocenters. The quantitative estimate of drug-likeness (QED) is 0.821. The van der Waals surface area contributed by atoms with Crippen molar-refractivity contribution in [1.29, 1.82) is 0 Å². The second kappa shape index (κ2) is 7.18. The molecule has 0 radical (unpaired) electrons. The molecule has 0 aliphatic carbocycles. The maximum atomic E-state index is 9.94. The lowest BCUT2D eigenvalue weighted by atomic mass is 9.89. The summed E-state index contributed by atoms with van der Waals surface area (Å²) in [7, 11) is 3.71. The summed E-state index contributed by atoms with van der Waals surface area (Å²) in [6, 6.07) is 10.2. The third-order valence-corrected chi connectivity index (χ3v) is 4.44. The lowest BCUT2D eigenvalue weighted by Crippen LogP contribution is -2.54. The normalized spacial score (nSPS) is 20.8. The van der Waals surface area contributed by atoms with Gasteiger partial charge in [0.05, 0.1) is 18.2 Å². The summed E-state index contributed by atoms with van der Waals surface area (Å²) in [4.78, 5) is 2.41. The summed E-state index contributed by atoms with van der Waals surface area (Å²) in [6.07, 6.45) is 2.52. The van der Waals surface area contributed by atoms with E-state index in [0.717, 1.165) is 38.0 Å². The second-order valence-corrected chi connectivity index (χ2v) is 5.57. The number of methoxy groups -OCH3 is 1. The first-order valence-electron chi connectivity index (χ1n) is 7.34. The monoisotopic (exact) mass is 278 g/mol. The molecular weight excluding hydrogens is 252 g/mol. The fourth-order valence-electron chi connectivity index (χ4n) is 2.98. The van der Waals surface area contributed by atoms with Crippen LogP contribution in [0.15, 0.2) is 30.3 Å². The van der Waals surface area contributed by atoms with Crippen LogP contribution in [0.25, 0.3) is 0 Å². The van der Waals surface area contributed by atoms with Crippen molar-refractivity contribution in [1.82, 2.24) is 10.2 Å². The van der Waals surface area contributed by atoms with E-state index in [4.69, 9.17) is 4.74 Å². The van der Waals surface area contributed by atoms with E-state index in [9.17, 15) is 5.11 Å². The average molecular weight is 278 g/mol. The molecule has 1 heterocycles. The highest BCUT2D eigenvalue weighted by atomic mass is 16.5. The van der Waals surface area contributed by atoms with Gasteiger partial charge in [-0.1, -0.05) is 30.3 Å². The van der Waals surface area contributed by atoms with Crippen molar-refractivity contribution in [3.05, 3.63) is 35.9 Å². The lowest BCUT2D eigenvalue weighted by Gasteiger charge is -2.40. The van der Waals surface area contributed by atoms with Crippen LogP contribution in [-0.2, 0) is 10.3 Å². The zero-order chi connectivity index (χ0) is 14.4. The Morgan fingerprint density at radius 2 is 1.95 bits per heavy atom. The third-order valence-electron chi connectivity index (χ3n) is 4.44. The molecule has 0 spiro atoms. The van der Waals surface area contributed by atoms with Crippen LogP contribution in [-0.4, -0.2) is 56.5 Å². The minimum atomic E-state index is -0.388. The molecule has 20 heavy (non-hydrogen) atoms. The van der Waals surface area contributed by atoms with E-state index in [0.29, 0.717) is 6.10 Å². The van der Waals surface area contributed by atoms with Gasteiger partial charge in [-0.25, -0.2) is 0 Å². The molecule has 1 saturated heterocycles. The zero-order valence-corrected chi connectivity index (χ0v) is 12.5. The number of likely N-dealkylation sites (tertiary alicyclic amines) is 1. The van der Waals surface area contributed by atoms with Crippen LogP contribution in [0.2, 0.25) is 0 Å². The van der Waals surface area contributed by atoms with E-state index < -0.39 is 0 Å². The molecule has 1 aromatic carbocycles. The van der Waals surface area contributed by atoms with Crippen LogP contribution in [0, 0.1) is 0 Å². The van der Waals surface area contributed by atoms with Gasteiger partial charge in [-0.3, -0.25) is 0 Å². The number of hydrogen-bond acceptors (Lipinski definition) is 4. The Hall–Kier alpha value is -0.940. The van der Waals surface area contributed by atoms with Crippen molar-refractivity contribution in [2.45, 2.75) is 24.5 Å². The first-order valence-corrected chi connectivity index (χ1v) is 7.34. The van der Waals surface area contributed by atoms with Gasteiger partial charge in [0.15, 0.2) is 0 Å². The van der Waals surface area contributed by atoms with Gasteiger partial charge in [-0.05, 0) is 25.5 Å². The van der Waals surface area contributed by atoms with Gasteiger partial charge >= 0.3 is 0 Å². The van der Waals surface area contributed by atoms with Gasteiger partial charge < -0.3 is 20.1 Å². The number of hydrogen-bond donors (Lipinski definition) is 2. The number of benzene rings is 1. The van der Waals surface area contributed by atoms with Gasteiger partial charge in [-0.2, -0.15) is 0 Å². The molecule has 0 aromatic heterocycles. The van der Waals surface area contributed by atoms with Crippen molar-refractivity contribution in [2.75, 3.05) is 40.4 Å². The number of piperidine rings is 1. The number of nitrogens with zero attached hydrogens (tertiary/aromatic N) is 1. The molecule has 2 N–H and O–H groups in total. The number of likely N-dealkylation sites (N-methyl/N-ethyl adjacent to an activating group) is 1. The van der Waals surface area contributed by atoms with Crippen LogP contribution < -0.4 is 5.32 Å². The lowest BCUT2D eigenvalue weighted by molar-refractivity contribution is 0.0247. The molecule has 1 fully saturated rings. The number of ether oxygens (including phenoxy) is 1. The summed E-state index contributed by atoms with van der Waals surface area (Å²) in [5.41, 5.74) is 0.750. The van der Waals surface area contributed by atoms with E-state index in [1.807, 2.05) is 25.2 Å². The van der Waals surface area contributed by atoms with Crippen LogP contribution in [0.5, 0.6) is 0 Å². The fourth-order valence-corrected chi connectivity index (χ4v) is 2.98. The molecule has 0 bridgehead atoms. The Labute approximate surface area is 121 Å². The zero-order valence-electron chi connectivity index (χ0n) is 12.5. The average Bonchev–Trinajstić information content (AvgIpc) is 2.54. The summed E-state index contributed by atoms with van der Waals surface area (Å²) in [5, 5.41) is 13.3.